The van der Waals surface area contributed by atoms with Gasteiger partial charge in [0.1, 0.15) is 10.4 Å². The first-order valence-corrected chi connectivity index (χ1v) is 7.40. The van der Waals surface area contributed by atoms with Crippen LogP contribution in [-0.2, 0) is 16.4 Å². The summed E-state index contributed by atoms with van der Waals surface area (Å²) in [6, 6.07) is 0. The van der Waals surface area contributed by atoms with E-state index in [-0.39, 0.29) is 5.69 Å². The number of aryl methyl sites for hydroxylation is 1. The second-order valence-electron chi connectivity index (χ2n) is 4.49. The Balaban J connectivity index is 3.39. The summed E-state index contributed by atoms with van der Waals surface area (Å²) in [6.45, 7) is 5.05. The van der Waals surface area contributed by atoms with Crippen LogP contribution in [-0.4, -0.2) is 42.1 Å². The van der Waals surface area contributed by atoms with Gasteiger partial charge in [-0.3, -0.25) is 9.48 Å². The van der Waals surface area contributed by atoms with Gasteiger partial charge in [0.2, 0.25) is 5.78 Å². The fourth-order valence-electron chi connectivity index (χ4n) is 1.44. The summed E-state index contributed by atoms with van der Waals surface area (Å²) in [5.41, 5.74) is 0.190. The highest BCUT2D eigenvalue weighted by Gasteiger charge is 2.41. The third kappa shape index (κ3) is 2.27. The first-order valence-electron chi connectivity index (χ1n) is 5.51. The molecule has 0 aliphatic carbocycles. The minimum absolute atomic E-state index is 0.190. The number of hydrogen-bond acceptors (Lipinski definition) is 5. The quantitative estimate of drug-likeness (QED) is 0.746. The van der Waals surface area contributed by atoms with Crippen molar-refractivity contribution in [1.82, 2.24) is 9.78 Å². The molecule has 18 heavy (non-hydrogen) atoms. The molecule has 7 heteroatoms. The Morgan fingerprint density at radius 1 is 1.50 bits per heavy atom. The van der Waals surface area contributed by atoms with Crippen molar-refractivity contribution < 1.29 is 17.9 Å². The molecule has 0 saturated heterocycles. The number of aromatic nitrogens is 2. The lowest BCUT2D eigenvalue weighted by Gasteiger charge is -2.21. The van der Waals surface area contributed by atoms with Crippen LogP contribution in [0.5, 0.6) is 5.75 Å². The van der Waals surface area contributed by atoms with Crippen LogP contribution in [0.1, 0.15) is 31.3 Å². The maximum absolute atomic E-state index is 12.4. The van der Waals surface area contributed by atoms with E-state index < -0.39 is 20.4 Å². The van der Waals surface area contributed by atoms with E-state index in [2.05, 4.69) is 5.10 Å². The molecule has 1 rings (SSSR count). The number of hydrogen-bond donors (Lipinski definition) is 0. The van der Waals surface area contributed by atoms with Crippen LogP contribution in [0.15, 0.2) is 6.20 Å². The summed E-state index contributed by atoms with van der Waals surface area (Å²) in [4.78, 5) is 12.4. The van der Waals surface area contributed by atoms with Crippen LogP contribution < -0.4 is 4.74 Å². The molecule has 0 radical (unpaired) electrons. The molecular formula is C11H18N2O4S. The maximum Gasteiger partial charge on any atom is 0.205 e. The number of methoxy groups -OCH3 is 1. The Hall–Kier alpha value is -1.37. The van der Waals surface area contributed by atoms with E-state index in [1.54, 1.807) is 0 Å². The van der Waals surface area contributed by atoms with Crippen molar-refractivity contribution in [2.24, 2.45) is 0 Å². The zero-order chi connectivity index (χ0) is 14.1. The zero-order valence-corrected chi connectivity index (χ0v) is 12.0. The summed E-state index contributed by atoms with van der Waals surface area (Å²) >= 11 is 0. The van der Waals surface area contributed by atoms with E-state index in [0.29, 0.717) is 12.3 Å². The van der Waals surface area contributed by atoms with E-state index in [4.69, 9.17) is 4.74 Å². The molecule has 1 aromatic heterocycles. The van der Waals surface area contributed by atoms with Gasteiger partial charge in [-0.1, -0.05) is 0 Å². The van der Waals surface area contributed by atoms with E-state index in [0.717, 1.165) is 6.26 Å². The normalized spacial score (nSPS) is 12.5. The Morgan fingerprint density at radius 3 is 2.44 bits per heavy atom. The van der Waals surface area contributed by atoms with Crippen LogP contribution in [0, 0.1) is 0 Å². The van der Waals surface area contributed by atoms with Crippen molar-refractivity contribution in [3.8, 4) is 5.75 Å². The molecule has 1 aromatic rings. The van der Waals surface area contributed by atoms with Gasteiger partial charge < -0.3 is 4.74 Å². The minimum Gasteiger partial charge on any atom is -0.493 e. The molecule has 0 spiro atoms. The van der Waals surface area contributed by atoms with Crippen LogP contribution in [0.3, 0.4) is 0 Å². The van der Waals surface area contributed by atoms with Gasteiger partial charge in [0.25, 0.3) is 0 Å². The largest absolute Gasteiger partial charge is 0.493 e. The van der Waals surface area contributed by atoms with Crippen molar-refractivity contribution in [3.63, 3.8) is 0 Å². The second kappa shape index (κ2) is 4.72. The number of sulfone groups is 1. The molecule has 6 nitrogen and oxygen atoms in total. The third-order valence-corrected chi connectivity index (χ3v) is 5.05. The van der Waals surface area contributed by atoms with E-state index in [9.17, 15) is 13.2 Å². The van der Waals surface area contributed by atoms with Crippen molar-refractivity contribution in [2.75, 3.05) is 13.4 Å². The smallest absolute Gasteiger partial charge is 0.205 e. The topological polar surface area (TPSA) is 78.3 Å². The van der Waals surface area contributed by atoms with Crippen LogP contribution >= 0.6 is 0 Å². The lowest BCUT2D eigenvalue weighted by Crippen LogP contribution is -2.41. The number of nitrogens with zero attached hydrogens (tertiary/aromatic N) is 2. The fourth-order valence-corrected chi connectivity index (χ4v) is 1.87. The molecule has 0 aliphatic rings. The predicted octanol–water partition coefficient (Wildman–Crippen LogP) is 0.917. The van der Waals surface area contributed by atoms with Gasteiger partial charge in [-0.2, -0.15) is 5.10 Å². The number of ketones is 1. The lowest BCUT2D eigenvalue weighted by molar-refractivity contribution is 0.0940. The first-order chi connectivity index (χ1) is 8.16. The Morgan fingerprint density at radius 2 is 2.06 bits per heavy atom. The second-order valence-corrected chi connectivity index (χ2v) is 7.05. The van der Waals surface area contributed by atoms with E-state index >= 15 is 0 Å². The summed E-state index contributed by atoms with van der Waals surface area (Å²) in [5, 5.41) is 4.00. The van der Waals surface area contributed by atoms with Gasteiger partial charge in [0.15, 0.2) is 15.6 Å². The van der Waals surface area contributed by atoms with Gasteiger partial charge in [0, 0.05) is 12.8 Å². The molecule has 0 amide bonds. The molecule has 0 saturated carbocycles. The van der Waals surface area contributed by atoms with Crippen molar-refractivity contribution >= 4 is 15.6 Å². The molecule has 0 atom stereocenters. The molecule has 0 N–H and O–H groups in total. The predicted molar refractivity (Wildman–Crippen MR) is 67.7 cm³/mol. The van der Waals surface area contributed by atoms with Gasteiger partial charge in [-0.25, -0.2) is 8.42 Å². The van der Waals surface area contributed by atoms with Gasteiger partial charge in [-0.05, 0) is 20.8 Å². The summed E-state index contributed by atoms with van der Waals surface area (Å²) < 4.78 is 28.4. The van der Waals surface area contributed by atoms with Crippen LogP contribution in [0.2, 0.25) is 0 Å². The number of Topliss-reactive ketones (excluding diaryl/α,β-unsaturated/α-hetero) is 1. The number of ether oxygens (including phenoxy) is 1. The van der Waals surface area contributed by atoms with Gasteiger partial charge in [0.05, 0.1) is 13.3 Å². The number of carbonyl (C=O) groups excluding carboxylic acids is 1. The molecule has 0 unspecified atom stereocenters. The summed E-state index contributed by atoms with van der Waals surface area (Å²) in [6.07, 6.45) is 2.46. The standard InChI is InChI=1S/C11H18N2O4S/c1-6-13-9(8(17-4)7-12-13)10(14)11(2,3)18(5,15)16/h7H,6H2,1-5H3. The molecular weight excluding hydrogens is 256 g/mol. The summed E-state index contributed by atoms with van der Waals surface area (Å²) in [7, 11) is -2.11. The highest BCUT2D eigenvalue weighted by atomic mass is 32.2. The number of carbonyl (C=O) groups is 1. The zero-order valence-electron chi connectivity index (χ0n) is 11.2. The van der Waals surface area contributed by atoms with Crippen LogP contribution in [0.25, 0.3) is 0 Å². The molecule has 0 bridgehead atoms. The lowest BCUT2D eigenvalue weighted by atomic mass is 10.0. The maximum atomic E-state index is 12.4. The molecule has 0 aromatic carbocycles. The summed E-state index contributed by atoms with van der Waals surface area (Å²) in [5.74, 6) is -0.222. The molecule has 0 aliphatic heterocycles. The highest BCUT2D eigenvalue weighted by Crippen LogP contribution is 2.27. The average Bonchev–Trinajstić information content (AvgIpc) is 2.68. The Bertz CT molecular complexity index is 536. The van der Waals surface area contributed by atoms with Crippen LogP contribution in [0.4, 0.5) is 0 Å². The number of rotatable bonds is 5. The Kier molecular flexibility index (Phi) is 3.85. The molecule has 0 fully saturated rings. The minimum atomic E-state index is -3.52. The van der Waals surface area contributed by atoms with Gasteiger partial charge in [-0.15, -0.1) is 0 Å². The van der Waals surface area contributed by atoms with E-state index in [1.165, 1.54) is 31.8 Å². The average molecular weight is 274 g/mol. The molecule has 1 heterocycles. The van der Waals surface area contributed by atoms with Crippen molar-refractivity contribution in [3.05, 3.63) is 11.9 Å². The highest BCUT2D eigenvalue weighted by molar-refractivity contribution is 7.92. The van der Waals surface area contributed by atoms with Gasteiger partial charge >= 0.3 is 0 Å². The SMILES string of the molecule is CCn1ncc(OC)c1C(=O)C(C)(C)S(C)(=O)=O. The third-order valence-electron chi connectivity index (χ3n) is 3.01. The Labute approximate surface area is 107 Å². The monoisotopic (exact) mass is 274 g/mol. The van der Waals surface area contributed by atoms with E-state index in [1.807, 2.05) is 6.92 Å². The first kappa shape index (κ1) is 14.7. The van der Waals surface area contributed by atoms with Crippen molar-refractivity contribution in [1.29, 1.82) is 0 Å². The molecule has 102 valence electrons. The van der Waals surface area contributed by atoms with Crippen molar-refractivity contribution in [2.45, 2.75) is 32.1 Å². The fraction of sp³-hybridized carbons (Fsp3) is 0.636.